The van der Waals surface area contributed by atoms with Crippen molar-refractivity contribution in [3.8, 4) is 5.75 Å². The Morgan fingerprint density at radius 1 is 1.08 bits per heavy atom. The Bertz CT molecular complexity index is 733. The zero-order valence-electron chi connectivity index (χ0n) is 13.8. The first-order chi connectivity index (χ1) is 12.1. The highest BCUT2D eigenvalue weighted by Crippen LogP contribution is 2.20. The summed E-state index contributed by atoms with van der Waals surface area (Å²) >= 11 is 5.90. The second kappa shape index (κ2) is 8.21. The number of anilines is 1. The number of amides is 1. The molecule has 2 aromatic rings. The average Bonchev–Trinajstić information content (AvgIpc) is 2.62. The topological polar surface area (TPSA) is 32.8 Å². The molecule has 0 aromatic heterocycles. The van der Waals surface area contributed by atoms with Crippen molar-refractivity contribution in [2.24, 2.45) is 0 Å². The van der Waals surface area contributed by atoms with Crippen LogP contribution in [0.15, 0.2) is 48.5 Å². The van der Waals surface area contributed by atoms with E-state index in [1.54, 1.807) is 35.2 Å². The number of nitrogens with zero attached hydrogens (tertiary/aromatic N) is 2. The van der Waals surface area contributed by atoms with E-state index in [0.717, 1.165) is 0 Å². The van der Waals surface area contributed by atoms with Gasteiger partial charge in [0.05, 0.1) is 18.7 Å². The Morgan fingerprint density at radius 2 is 1.84 bits per heavy atom. The third-order valence-electron chi connectivity index (χ3n) is 4.21. The lowest BCUT2D eigenvalue weighted by Gasteiger charge is -2.36. The molecule has 0 N–H and O–H groups in total. The fraction of sp³-hybridized carbons (Fsp3) is 0.316. The van der Waals surface area contributed by atoms with E-state index >= 15 is 0 Å². The van der Waals surface area contributed by atoms with Crippen molar-refractivity contribution in [1.82, 2.24) is 4.90 Å². The Hall–Kier alpha value is -2.27. The van der Waals surface area contributed by atoms with Crippen molar-refractivity contribution in [1.29, 1.82) is 0 Å². The van der Waals surface area contributed by atoms with Gasteiger partial charge < -0.3 is 14.5 Å². The number of carbonyl (C=O) groups excluding carboxylic acids is 1. The largest absolute Gasteiger partial charge is 0.493 e. The fourth-order valence-corrected chi connectivity index (χ4v) is 3.06. The van der Waals surface area contributed by atoms with Crippen molar-refractivity contribution in [2.45, 2.75) is 6.42 Å². The van der Waals surface area contributed by atoms with Gasteiger partial charge in [-0.05, 0) is 30.3 Å². The standard InChI is InChI=1S/C19H20ClFN2O2/c20-15-4-3-5-16(14-15)25-13-8-19(24)23-11-9-22(10-12-23)18-7-2-1-6-17(18)21/h1-7,14H,8-13H2. The quantitative estimate of drug-likeness (QED) is 0.814. The summed E-state index contributed by atoms with van der Waals surface area (Å²) in [6.45, 7) is 2.74. The van der Waals surface area contributed by atoms with E-state index < -0.39 is 0 Å². The Morgan fingerprint density at radius 3 is 2.56 bits per heavy atom. The molecule has 1 fully saturated rings. The van der Waals surface area contributed by atoms with Gasteiger partial charge in [0.1, 0.15) is 11.6 Å². The Labute approximate surface area is 151 Å². The normalized spacial score (nSPS) is 14.5. The summed E-state index contributed by atoms with van der Waals surface area (Å²) in [7, 11) is 0. The number of benzene rings is 2. The van der Waals surface area contributed by atoms with Crippen LogP contribution in [0.25, 0.3) is 0 Å². The fourth-order valence-electron chi connectivity index (χ4n) is 2.88. The van der Waals surface area contributed by atoms with Crippen LogP contribution in [0.4, 0.5) is 10.1 Å². The summed E-state index contributed by atoms with van der Waals surface area (Å²) in [5.41, 5.74) is 0.596. The lowest BCUT2D eigenvalue weighted by atomic mass is 10.2. The minimum atomic E-state index is -0.225. The molecule has 0 spiro atoms. The molecule has 1 amide bonds. The molecule has 0 aliphatic carbocycles. The third kappa shape index (κ3) is 4.63. The molecule has 4 nitrogen and oxygen atoms in total. The number of hydrogen-bond donors (Lipinski definition) is 0. The molecular weight excluding hydrogens is 343 g/mol. The van der Waals surface area contributed by atoms with Gasteiger partial charge in [0, 0.05) is 31.2 Å². The van der Waals surface area contributed by atoms with E-state index in [9.17, 15) is 9.18 Å². The highest BCUT2D eigenvalue weighted by molar-refractivity contribution is 6.30. The molecule has 0 atom stereocenters. The van der Waals surface area contributed by atoms with Crippen LogP contribution >= 0.6 is 11.6 Å². The molecule has 1 aliphatic heterocycles. The van der Waals surface area contributed by atoms with Gasteiger partial charge in [0.25, 0.3) is 0 Å². The highest BCUT2D eigenvalue weighted by atomic mass is 35.5. The van der Waals surface area contributed by atoms with E-state index in [1.807, 2.05) is 17.0 Å². The first-order valence-corrected chi connectivity index (χ1v) is 8.67. The maximum atomic E-state index is 13.8. The van der Waals surface area contributed by atoms with Crippen LogP contribution in [0.3, 0.4) is 0 Å². The van der Waals surface area contributed by atoms with E-state index in [0.29, 0.717) is 55.7 Å². The SMILES string of the molecule is O=C(CCOc1cccc(Cl)c1)N1CCN(c2ccccc2F)CC1. The van der Waals surface area contributed by atoms with Gasteiger partial charge in [0.2, 0.25) is 5.91 Å². The zero-order chi connectivity index (χ0) is 17.6. The number of hydrogen-bond acceptors (Lipinski definition) is 3. The van der Waals surface area contributed by atoms with Crippen molar-refractivity contribution in [2.75, 3.05) is 37.7 Å². The number of ether oxygens (including phenoxy) is 1. The Kier molecular flexibility index (Phi) is 5.76. The van der Waals surface area contributed by atoms with Gasteiger partial charge in [-0.25, -0.2) is 4.39 Å². The third-order valence-corrected chi connectivity index (χ3v) is 4.44. The monoisotopic (exact) mass is 362 g/mol. The van der Waals surface area contributed by atoms with Gasteiger partial charge in [-0.15, -0.1) is 0 Å². The summed E-state index contributed by atoms with van der Waals surface area (Å²) in [5.74, 6) is 0.483. The van der Waals surface area contributed by atoms with Crippen molar-refractivity contribution < 1.29 is 13.9 Å². The summed E-state index contributed by atoms with van der Waals surface area (Å²) in [6.07, 6.45) is 0.312. The molecule has 1 aliphatic rings. The molecule has 1 saturated heterocycles. The molecule has 2 aromatic carbocycles. The first kappa shape index (κ1) is 17.5. The maximum Gasteiger partial charge on any atom is 0.226 e. The number of para-hydroxylation sites is 1. The summed E-state index contributed by atoms with van der Waals surface area (Å²) < 4.78 is 19.4. The van der Waals surface area contributed by atoms with Crippen LogP contribution in [0.2, 0.25) is 5.02 Å². The predicted octanol–water partition coefficient (Wildman–Crippen LogP) is 3.60. The summed E-state index contributed by atoms with van der Waals surface area (Å²) in [5, 5.41) is 0.605. The van der Waals surface area contributed by atoms with E-state index in [-0.39, 0.29) is 11.7 Å². The van der Waals surface area contributed by atoms with Crippen LogP contribution in [0.1, 0.15) is 6.42 Å². The zero-order valence-corrected chi connectivity index (χ0v) is 14.6. The highest BCUT2D eigenvalue weighted by Gasteiger charge is 2.22. The minimum absolute atomic E-state index is 0.0511. The maximum absolute atomic E-state index is 13.8. The van der Waals surface area contributed by atoms with Crippen LogP contribution in [0.5, 0.6) is 5.75 Å². The molecule has 3 rings (SSSR count). The van der Waals surface area contributed by atoms with Gasteiger partial charge in [-0.1, -0.05) is 29.8 Å². The molecule has 1 heterocycles. The predicted molar refractivity (Wildman–Crippen MR) is 96.8 cm³/mol. The van der Waals surface area contributed by atoms with Gasteiger partial charge in [0.15, 0.2) is 0 Å². The van der Waals surface area contributed by atoms with Crippen molar-refractivity contribution in [3.05, 3.63) is 59.4 Å². The van der Waals surface area contributed by atoms with E-state index in [1.165, 1.54) is 6.07 Å². The number of rotatable bonds is 5. The Balaban J connectivity index is 1.45. The molecule has 132 valence electrons. The smallest absolute Gasteiger partial charge is 0.226 e. The van der Waals surface area contributed by atoms with Gasteiger partial charge in [-0.2, -0.15) is 0 Å². The second-order valence-electron chi connectivity index (χ2n) is 5.88. The van der Waals surface area contributed by atoms with E-state index in [4.69, 9.17) is 16.3 Å². The van der Waals surface area contributed by atoms with Crippen LogP contribution < -0.4 is 9.64 Å². The van der Waals surface area contributed by atoms with Gasteiger partial charge >= 0.3 is 0 Å². The molecule has 0 unspecified atom stereocenters. The molecule has 0 radical (unpaired) electrons. The molecule has 25 heavy (non-hydrogen) atoms. The summed E-state index contributed by atoms with van der Waals surface area (Å²) in [6, 6.07) is 13.8. The lowest BCUT2D eigenvalue weighted by molar-refractivity contribution is -0.132. The lowest BCUT2D eigenvalue weighted by Crippen LogP contribution is -2.49. The van der Waals surface area contributed by atoms with Crippen LogP contribution in [0, 0.1) is 5.82 Å². The number of carbonyl (C=O) groups is 1. The average molecular weight is 363 g/mol. The summed E-state index contributed by atoms with van der Waals surface area (Å²) in [4.78, 5) is 16.1. The first-order valence-electron chi connectivity index (χ1n) is 8.29. The van der Waals surface area contributed by atoms with E-state index in [2.05, 4.69) is 0 Å². The minimum Gasteiger partial charge on any atom is -0.493 e. The molecule has 0 bridgehead atoms. The molecule has 6 heteroatoms. The molecular formula is C19H20ClFN2O2. The van der Waals surface area contributed by atoms with Crippen molar-refractivity contribution in [3.63, 3.8) is 0 Å². The van der Waals surface area contributed by atoms with Gasteiger partial charge in [-0.3, -0.25) is 4.79 Å². The second-order valence-corrected chi connectivity index (χ2v) is 6.31. The van der Waals surface area contributed by atoms with Crippen molar-refractivity contribution >= 4 is 23.2 Å². The molecule has 0 saturated carbocycles. The van der Waals surface area contributed by atoms with Crippen LogP contribution in [-0.2, 0) is 4.79 Å². The number of halogens is 2. The van der Waals surface area contributed by atoms with Crippen LogP contribution in [-0.4, -0.2) is 43.6 Å². The number of piperazine rings is 1.